The highest BCUT2D eigenvalue weighted by Gasteiger charge is 2.10. The Labute approximate surface area is 88.7 Å². The monoisotopic (exact) mass is 253 g/mol. The van der Waals surface area contributed by atoms with Crippen molar-refractivity contribution >= 4 is 26.7 Å². The predicted octanol–water partition coefficient (Wildman–Crippen LogP) is 2.01. The number of aromatic nitrogens is 1. The maximum Gasteiger partial charge on any atom is 0.260 e. The van der Waals surface area contributed by atoms with E-state index in [2.05, 4.69) is 15.9 Å². The van der Waals surface area contributed by atoms with Crippen molar-refractivity contribution < 1.29 is 5.11 Å². The number of hydrogen-bond donors (Lipinski definition) is 1. The van der Waals surface area contributed by atoms with Crippen molar-refractivity contribution in [1.29, 1.82) is 0 Å². The van der Waals surface area contributed by atoms with Crippen LogP contribution in [-0.4, -0.2) is 9.67 Å². The maximum absolute atomic E-state index is 11.7. The molecule has 72 valence electrons. The summed E-state index contributed by atoms with van der Waals surface area (Å²) in [6, 6.07) is 7.15. The minimum atomic E-state index is -0.193. The van der Waals surface area contributed by atoms with Gasteiger partial charge in [-0.05, 0) is 22.0 Å². The van der Waals surface area contributed by atoms with E-state index in [1.807, 2.05) is 6.07 Å². The van der Waals surface area contributed by atoms with Gasteiger partial charge in [-0.1, -0.05) is 18.2 Å². The lowest BCUT2D eigenvalue weighted by molar-refractivity contribution is 0.421. The molecule has 0 aliphatic heterocycles. The van der Waals surface area contributed by atoms with E-state index in [0.717, 1.165) is 5.39 Å². The highest BCUT2D eigenvalue weighted by atomic mass is 79.9. The Kier molecular flexibility index (Phi) is 2.07. The number of hydrogen-bond acceptors (Lipinski definition) is 2. The summed E-state index contributed by atoms with van der Waals surface area (Å²) in [6.45, 7) is 0. The molecule has 1 aromatic carbocycles. The number of halogens is 1. The first-order chi connectivity index (χ1) is 6.63. The van der Waals surface area contributed by atoms with E-state index in [0.29, 0.717) is 9.86 Å². The standard InChI is InChI=1S/C10H8BrNO2/c1-12-9(13)7-5-3-2-4-6(7)8(11)10(12)14/h2-5,14H,1H3. The fraction of sp³-hybridized carbons (Fsp3) is 0.100. The van der Waals surface area contributed by atoms with Crippen molar-refractivity contribution in [2.45, 2.75) is 0 Å². The van der Waals surface area contributed by atoms with Gasteiger partial charge in [-0.25, -0.2) is 0 Å². The van der Waals surface area contributed by atoms with Gasteiger partial charge in [-0.2, -0.15) is 0 Å². The molecule has 1 heterocycles. The Morgan fingerprint density at radius 1 is 1.29 bits per heavy atom. The van der Waals surface area contributed by atoms with Crippen LogP contribution in [0.3, 0.4) is 0 Å². The number of aromatic hydroxyl groups is 1. The Bertz CT molecular complexity index is 560. The third kappa shape index (κ3) is 1.14. The zero-order valence-corrected chi connectivity index (χ0v) is 9.08. The molecule has 0 fully saturated rings. The molecule has 1 aromatic heterocycles. The van der Waals surface area contributed by atoms with Crippen LogP contribution >= 0.6 is 15.9 Å². The minimum absolute atomic E-state index is 0.0475. The normalized spacial score (nSPS) is 10.7. The smallest absolute Gasteiger partial charge is 0.260 e. The lowest BCUT2D eigenvalue weighted by atomic mass is 10.2. The molecule has 0 amide bonds. The third-order valence-electron chi connectivity index (χ3n) is 2.21. The summed E-state index contributed by atoms with van der Waals surface area (Å²) in [6.07, 6.45) is 0. The van der Waals surface area contributed by atoms with Crippen LogP contribution in [0.15, 0.2) is 33.5 Å². The van der Waals surface area contributed by atoms with Crippen LogP contribution in [-0.2, 0) is 7.05 Å². The van der Waals surface area contributed by atoms with E-state index in [-0.39, 0.29) is 11.4 Å². The van der Waals surface area contributed by atoms with Gasteiger partial charge in [-0.3, -0.25) is 9.36 Å². The predicted molar refractivity (Wildman–Crippen MR) is 58.6 cm³/mol. The molecule has 2 aromatic rings. The molecule has 2 rings (SSSR count). The number of fused-ring (bicyclic) bond motifs is 1. The topological polar surface area (TPSA) is 42.2 Å². The van der Waals surface area contributed by atoms with Crippen LogP contribution in [0.4, 0.5) is 0 Å². The Morgan fingerprint density at radius 3 is 2.50 bits per heavy atom. The summed E-state index contributed by atoms with van der Waals surface area (Å²) in [7, 11) is 1.54. The fourth-order valence-electron chi connectivity index (χ4n) is 1.41. The second-order valence-electron chi connectivity index (χ2n) is 3.05. The third-order valence-corrected chi connectivity index (χ3v) is 2.99. The summed E-state index contributed by atoms with van der Waals surface area (Å²) in [5.41, 5.74) is -0.193. The van der Waals surface area contributed by atoms with Crippen molar-refractivity contribution in [2.24, 2.45) is 7.05 Å². The number of rotatable bonds is 0. The summed E-state index contributed by atoms with van der Waals surface area (Å²) in [4.78, 5) is 11.7. The Hall–Kier alpha value is -1.29. The molecule has 0 spiro atoms. The first-order valence-electron chi connectivity index (χ1n) is 4.09. The number of nitrogens with zero attached hydrogens (tertiary/aromatic N) is 1. The van der Waals surface area contributed by atoms with Crippen LogP contribution in [0, 0.1) is 0 Å². The fourth-order valence-corrected chi connectivity index (χ4v) is 2.02. The SMILES string of the molecule is Cn1c(O)c(Br)c2ccccc2c1=O. The van der Waals surface area contributed by atoms with Gasteiger partial charge in [-0.15, -0.1) is 0 Å². The molecule has 3 nitrogen and oxygen atoms in total. The molecule has 0 unspecified atom stereocenters. The Morgan fingerprint density at radius 2 is 1.86 bits per heavy atom. The minimum Gasteiger partial charge on any atom is -0.494 e. The lowest BCUT2D eigenvalue weighted by Crippen LogP contribution is -2.16. The molecule has 0 aliphatic carbocycles. The lowest BCUT2D eigenvalue weighted by Gasteiger charge is -2.07. The quantitative estimate of drug-likeness (QED) is 0.781. The molecule has 0 bridgehead atoms. The number of pyridine rings is 1. The summed E-state index contributed by atoms with van der Waals surface area (Å²) < 4.78 is 1.77. The van der Waals surface area contributed by atoms with Crippen LogP contribution in [0.1, 0.15) is 0 Å². The van der Waals surface area contributed by atoms with Crippen molar-refractivity contribution in [3.05, 3.63) is 39.1 Å². The molecular weight excluding hydrogens is 246 g/mol. The van der Waals surface area contributed by atoms with Crippen LogP contribution < -0.4 is 5.56 Å². The van der Waals surface area contributed by atoms with Crippen molar-refractivity contribution in [2.75, 3.05) is 0 Å². The second-order valence-corrected chi connectivity index (χ2v) is 3.84. The molecule has 0 atom stereocenters. The van der Waals surface area contributed by atoms with Gasteiger partial charge in [0.05, 0.1) is 4.47 Å². The van der Waals surface area contributed by atoms with E-state index in [4.69, 9.17) is 0 Å². The molecule has 4 heteroatoms. The second kappa shape index (κ2) is 3.13. The maximum atomic E-state index is 11.7. The van der Waals surface area contributed by atoms with Gasteiger partial charge in [0, 0.05) is 17.8 Å². The molecule has 14 heavy (non-hydrogen) atoms. The van der Waals surface area contributed by atoms with Gasteiger partial charge in [0.2, 0.25) is 5.88 Å². The summed E-state index contributed by atoms with van der Waals surface area (Å²) in [5, 5.41) is 10.9. The zero-order valence-electron chi connectivity index (χ0n) is 7.49. The molecule has 0 saturated heterocycles. The van der Waals surface area contributed by atoms with Gasteiger partial charge in [0.15, 0.2) is 0 Å². The largest absolute Gasteiger partial charge is 0.494 e. The van der Waals surface area contributed by atoms with Crippen LogP contribution in [0.5, 0.6) is 5.88 Å². The highest BCUT2D eigenvalue weighted by Crippen LogP contribution is 2.28. The summed E-state index contributed by atoms with van der Waals surface area (Å²) >= 11 is 3.26. The molecule has 1 N–H and O–H groups in total. The molecule has 0 saturated carbocycles. The first-order valence-corrected chi connectivity index (χ1v) is 4.88. The van der Waals surface area contributed by atoms with E-state index in [1.54, 1.807) is 18.2 Å². The van der Waals surface area contributed by atoms with Gasteiger partial charge in [0.1, 0.15) is 0 Å². The van der Waals surface area contributed by atoms with Crippen LogP contribution in [0.25, 0.3) is 10.8 Å². The molecule has 0 aliphatic rings. The van der Waals surface area contributed by atoms with Crippen molar-refractivity contribution in [3.8, 4) is 5.88 Å². The molecule has 0 radical (unpaired) electrons. The highest BCUT2D eigenvalue weighted by molar-refractivity contribution is 9.10. The van der Waals surface area contributed by atoms with Crippen molar-refractivity contribution in [3.63, 3.8) is 0 Å². The van der Waals surface area contributed by atoms with E-state index < -0.39 is 0 Å². The van der Waals surface area contributed by atoms with E-state index in [9.17, 15) is 9.90 Å². The van der Waals surface area contributed by atoms with E-state index in [1.165, 1.54) is 11.6 Å². The average Bonchev–Trinajstić information content (AvgIpc) is 2.23. The Balaban J connectivity index is 3.10. The average molecular weight is 254 g/mol. The summed E-state index contributed by atoms with van der Waals surface area (Å²) in [5.74, 6) is -0.0475. The molecular formula is C10H8BrNO2. The van der Waals surface area contributed by atoms with Crippen LogP contribution in [0.2, 0.25) is 0 Å². The number of benzene rings is 1. The van der Waals surface area contributed by atoms with Gasteiger partial charge < -0.3 is 5.11 Å². The zero-order chi connectivity index (χ0) is 10.3. The first kappa shape index (κ1) is 9.27. The van der Waals surface area contributed by atoms with Gasteiger partial charge in [0.25, 0.3) is 5.56 Å². The van der Waals surface area contributed by atoms with Crippen molar-refractivity contribution in [1.82, 2.24) is 4.57 Å². The van der Waals surface area contributed by atoms with E-state index >= 15 is 0 Å². The van der Waals surface area contributed by atoms with Gasteiger partial charge >= 0.3 is 0 Å².